The molecule has 1 saturated heterocycles. The molecule has 0 spiro atoms. The van der Waals surface area contributed by atoms with E-state index in [4.69, 9.17) is 0 Å². The van der Waals surface area contributed by atoms with Gasteiger partial charge in [0.15, 0.2) is 5.54 Å². The first-order chi connectivity index (χ1) is 15.2. The predicted molar refractivity (Wildman–Crippen MR) is 116 cm³/mol. The van der Waals surface area contributed by atoms with Gasteiger partial charge < -0.3 is 5.32 Å². The molecule has 152 valence electrons. The first-order valence-electron chi connectivity index (χ1n) is 10.0. The number of urea groups is 1. The normalized spacial score (nSPS) is 15.2. The molecule has 5 rings (SSSR count). The number of imide groups is 1. The van der Waals surface area contributed by atoms with E-state index in [1.165, 1.54) is 4.90 Å². The molecule has 31 heavy (non-hydrogen) atoms. The summed E-state index contributed by atoms with van der Waals surface area (Å²) < 4.78 is 1.76. The maximum atomic E-state index is 13.7. The zero-order chi connectivity index (χ0) is 21.3. The minimum atomic E-state index is -1.24. The van der Waals surface area contributed by atoms with Crippen LogP contribution >= 0.6 is 0 Å². The number of hydrogen-bond acceptors (Lipinski definition) is 3. The molecular formula is C25H20N4O2. The summed E-state index contributed by atoms with van der Waals surface area (Å²) in [7, 11) is 0. The summed E-state index contributed by atoms with van der Waals surface area (Å²) in [4.78, 5) is 28.0. The summed E-state index contributed by atoms with van der Waals surface area (Å²) in [5.74, 6) is -0.286. The van der Waals surface area contributed by atoms with E-state index in [0.29, 0.717) is 0 Å². The van der Waals surface area contributed by atoms with Crippen LogP contribution in [0, 0.1) is 0 Å². The molecule has 6 heteroatoms. The Morgan fingerprint density at radius 3 is 1.94 bits per heavy atom. The van der Waals surface area contributed by atoms with Crippen molar-refractivity contribution in [3.63, 3.8) is 0 Å². The van der Waals surface area contributed by atoms with E-state index in [1.54, 1.807) is 10.9 Å². The third-order valence-electron chi connectivity index (χ3n) is 5.57. The van der Waals surface area contributed by atoms with Crippen LogP contribution in [0.25, 0.3) is 5.69 Å². The van der Waals surface area contributed by atoms with E-state index in [0.717, 1.165) is 22.4 Å². The van der Waals surface area contributed by atoms with Crippen molar-refractivity contribution in [2.24, 2.45) is 0 Å². The van der Waals surface area contributed by atoms with Crippen molar-refractivity contribution >= 4 is 11.9 Å². The Bertz CT molecular complexity index is 1160. The lowest BCUT2D eigenvalue weighted by Crippen LogP contribution is -2.45. The van der Waals surface area contributed by atoms with Crippen LogP contribution in [0.2, 0.25) is 0 Å². The van der Waals surface area contributed by atoms with Crippen molar-refractivity contribution in [2.75, 3.05) is 0 Å². The van der Waals surface area contributed by atoms with Gasteiger partial charge in [-0.1, -0.05) is 72.8 Å². The lowest BCUT2D eigenvalue weighted by molar-refractivity contribution is -0.130. The minimum absolute atomic E-state index is 0.186. The first kappa shape index (κ1) is 18.8. The summed E-state index contributed by atoms with van der Waals surface area (Å²) >= 11 is 0. The SMILES string of the molecule is O=C1NC(c2ccccc2)(c2ccccc2)C(=O)N1Cc1ccc(-n2cccn2)cc1. The zero-order valence-corrected chi connectivity index (χ0v) is 16.7. The maximum Gasteiger partial charge on any atom is 0.325 e. The van der Waals surface area contributed by atoms with Gasteiger partial charge in [-0.05, 0) is 34.9 Å². The number of benzene rings is 3. The summed E-state index contributed by atoms with van der Waals surface area (Å²) in [6.07, 6.45) is 3.58. The summed E-state index contributed by atoms with van der Waals surface area (Å²) in [6.45, 7) is 0.186. The molecule has 1 aliphatic rings. The maximum absolute atomic E-state index is 13.7. The molecule has 0 saturated carbocycles. The molecule has 1 fully saturated rings. The molecule has 0 bridgehead atoms. The molecular weight excluding hydrogens is 388 g/mol. The lowest BCUT2D eigenvalue weighted by atomic mass is 9.82. The quantitative estimate of drug-likeness (QED) is 0.510. The van der Waals surface area contributed by atoms with Crippen molar-refractivity contribution in [1.82, 2.24) is 20.0 Å². The fourth-order valence-corrected chi connectivity index (χ4v) is 4.01. The molecule has 1 N–H and O–H groups in total. The molecule has 0 unspecified atom stereocenters. The van der Waals surface area contributed by atoms with Crippen LogP contribution in [-0.2, 0) is 16.9 Å². The highest BCUT2D eigenvalue weighted by molar-refractivity contribution is 6.09. The highest BCUT2D eigenvalue weighted by Gasteiger charge is 2.53. The summed E-state index contributed by atoms with van der Waals surface area (Å²) in [5, 5.41) is 7.19. The average molecular weight is 408 g/mol. The van der Waals surface area contributed by atoms with E-state index in [1.807, 2.05) is 97.2 Å². The smallest absolute Gasteiger partial charge is 0.315 e. The third kappa shape index (κ3) is 3.18. The fourth-order valence-electron chi connectivity index (χ4n) is 4.01. The Balaban J connectivity index is 1.49. The van der Waals surface area contributed by atoms with Gasteiger partial charge in [-0.15, -0.1) is 0 Å². The van der Waals surface area contributed by atoms with Crippen LogP contribution in [0.3, 0.4) is 0 Å². The highest BCUT2D eigenvalue weighted by atomic mass is 16.2. The van der Waals surface area contributed by atoms with Gasteiger partial charge in [0.1, 0.15) is 0 Å². The number of nitrogens with zero attached hydrogens (tertiary/aromatic N) is 3. The van der Waals surface area contributed by atoms with E-state index < -0.39 is 11.6 Å². The van der Waals surface area contributed by atoms with Gasteiger partial charge in [0.05, 0.1) is 12.2 Å². The van der Waals surface area contributed by atoms with E-state index in [-0.39, 0.29) is 12.5 Å². The molecule has 0 radical (unpaired) electrons. The molecule has 1 aliphatic heterocycles. The van der Waals surface area contributed by atoms with Gasteiger partial charge >= 0.3 is 6.03 Å². The zero-order valence-electron chi connectivity index (χ0n) is 16.7. The molecule has 0 aliphatic carbocycles. The van der Waals surface area contributed by atoms with Crippen LogP contribution in [0.1, 0.15) is 16.7 Å². The van der Waals surface area contributed by atoms with Crippen molar-refractivity contribution < 1.29 is 9.59 Å². The number of rotatable bonds is 5. The van der Waals surface area contributed by atoms with Crippen molar-refractivity contribution in [3.05, 3.63) is 120 Å². The molecule has 3 amide bonds. The Hall–Kier alpha value is -4.19. The predicted octanol–water partition coefficient (Wildman–Crippen LogP) is 3.87. The van der Waals surface area contributed by atoms with Crippen LogP contribution in [-0.4, -0.2) is 26.6 Å². The topological polar surface area (TPSA) is 67.2 Å². The van der Waals surface area contributed by atoms with Crippen LogP contribution in [0.15, 0.2) is 103 Å². The fraction of sp³-hybridized carbons (Fsp3) is 0.0800. The van der Waals surface area contributed by atoms with Gasteiger partial charge in [0, 0.05) is 12.4 Å². The molecule has 4 aromatic rings. The van der Waals surface area contributed by atoms with E-state index >= 15 is 0 Å². The number of hydrogen-bond donors (Lipinski definition) is 1. The number of aromatic nitrogens is 2. The standard InChI is InChI=1S/C25H20N4O2/c30-23-25(20-8-3-1-4-9-20,21-10-5-2-6-11-21)27-24(31)28(23)18-19-12-14-22(15-13-19)29-17-7-16-26-29/h1-17H,18H2,(H,27,31). The monoisotopic (exact) mass is 408 g/mol. The molecule has 0 atom stereocenters. The lowest BCUT2D eigenvalue weighted by Gasteiger charge is -2.28. The second-order valence-electron chi connectivity index (χ2n) is 7.42. The molecule has 2 heterocycles. The highest BCUT2D eigenvalue weighted by Crippen LogP contribution is 2.36. The number of carbonyl (C=O) groups is 2. The Labute approximate surface area is 179 Å². The van der Waals surface area contributed by atoms with E-state index in [9.17, 15) is 9.59 Å². The van der Waals surface area contributed by atoms with Gasteiger partial charge in [0.25, 0.3) is 5.91 Å². The first-order valence-corrected chi connectivity index (χ1v) is 10.0. The largest absolute Gasteiger partial charge is 0.325 e. The molecule has 1 aromatic heterocycles. The van der Waals surface area contributed by atoms with Crippen molar-refractivity contribution in [1.29, 1.82) is 0 Å². The number of carbonyl (C=O) groups excluding carboxylic acids is 2. The van der Waals surface area contributed by atoms with E-state index in [2.05, 4.69) is 10.4 Å². The Morgan fingerprint density at radius 1 is 0.774 bits per heavy atom. The van der Waals surface area contributed by atoms with Crippen LogP contribution in [0.5, 0.6) is 0 Å². The van der Waals surface area contributed by atoms with Crippen molar-refractivity contribution in [2.45, 2.75) is 12.1 Å². The van der Waals surface area contributed by atoms with Crippen LogP contribution < -0.4 is 5.32 Å². The van der Waals surface area contributed by atoms with Gasteiger partial charge in [-0.2, -0.15) is 5.10 Å². The van der Waals surface area contributed by atoms with Crippen molar-refractivity contribution in [3.8, 4) is 5.69 Å². The Morgan fingerprint density at radius 2 is 1.39 bits per heavy atom. The molecule has 6 nitrogen and oxygen atoms in total. The second-order valence-corrected chi connectivity index (χ2v) is 7.42. The summed E-state index contributed by atoms with van der Waals surface area (Å²) in [6, 6.07) is 27.8. The minimum Gasteiger partial charge on any atom is -0.315 e. The second kappa shape index (κ2) is 7.57. The van der Waals surface area contributed by atoms with Gasteiger partial charge in [-0.3, -0.25) is 9.69 Å². The summed E-state index contributed by atoms with van der Waals surface area (Å²) in [5.41, 5.74) is 1.99. The number of amides is 3. The average Bonchev–Trinajstić information content (AvgIpc) is 3.44. The van der Waals surface area contributed by atoms with Gasteiger partial charge in [0.2, 0.25) is 0 Å². The number of nitrogens with one attached hydrogen (secondary N) is 1. The molecule has 3 aromatic carbocycles. The Kier molecular flexibility index (Phi) is 4.59. The third-order valence-corrected chi connectivity index (χ3v) is 5.57. The van der Waals surface area contributed by atoms with Crippen LogP contribution in [0.4, 0.5) is 4.79 Å². The van der Waals surface area contributed by atoms with Gasteiger partial charge in [-0.25, -0.2) is 9.48 Å².